The lowest BCUT2D eigenvalue weighted by Crippen LogP contribution is -2.30. The Morgan fingerprint density at radius 1 is 0.909 bits per heavy atom. The van der Waals surface area contributed by atoms with Crippen molar-refractivity contribution in [3.63, 3.8) is 0 Å². The second-order valence-corrected chi connectivity index (χ2v) is 8.67. The number of halogens is 1. The average molecular weight is 363 g/mol. The van der Waals surface area contributed by atoms with Gasteiger partial charge in [-0.2, -0.15) is 0 Å². The Labute approximate surface area is 145 Å². The fraction of sp³-hybridized carbons (Fsp3) is 0.714. The fourth-order valence-corrected chi connectivity index (χ4v) is 5.23. The van der Waals surface area contributed by atoms with E-state index in [9.17, 15) is 0 Å². The third kappa shape index (κ3) is 4.16. The minimum Gasteiger partial charge on any atom is -0.0654 e. The molecule has 22 heavy (non-hydrogen) atoms. The Morgan fingerprint density at radius 2 is 1.64 bits per heavy atom. The summed E-state index contributed by atoms with van der Waals surface area (Å²) in [5, 5.41) is 0. The van der Waals surface area contributed by atoms with Crippen LogP contribution < -0.4 is 0 Å². The summed E-state index contributed by atoms with van der Waals surface area (Å²) in [5.41, 5.74) is 1.58. The Kier molecular flexibility index (Phi) is 6.02. The molecule has 0 radical (unpaired) electrons. The zero-order chi connectivity index (χ0) is 15.4. The molecular weight excluding hydrogens is 332 g/mol. The van der Waals surface area contributed by atoms with Crippen molar-refractivity contribution in [3.8, 4) is 0 Å². The van der Waals surface area contributed by atoms with Gasteiger partial charge in [-0.05, 0) is 73.5 Å². The van der Waals surface area contributed by atoms with Crippen molar-refractivity contribution in [2.45, 2.75) is 77.0 Å². The Morgan fingerprint density at radius 3 is 2.41 bits per heavy atom. The second kappa shape index (κ2) is 7.99. The van der Waals surface area contributed by atoms with Crippen LogP contribution >= 0.6 is 15.9 Å². The third-order valence-corrected chi connectivity index (χ3v) is 6.81. The minimum atomic E-state index is 0.825. The summed E-state index contributed by atoms with van der Waals surface area (Å²) >= 11 is 3.56. The Balaban J connectivity index is 1.52. The highest BCUT2D eigenvalue weighted by Crippen LogP contribution is 2.48. The van der Waals surface area contributed by atoms with Crippen LogP contribution in [0.3, 0.4) is 0 Å². The highest BCUT2D eigenvalue weighted by Gasteiger charge is 2.35. The zero-order valence-electron chi connectivity index (χ0n) is 14.1. The lowest BCUT2D eigenvalue weighted by molar-refractivity contribution is 0.113. The van der Waals surface area contributed by atoms with Crippen LogP contribution in [-0.2, 0) is 0 Å². The molecule has 3 rings (SSSR count). The van der Waals surface area contributed by atoms with Crippen LogP contribution in [0, 0.1) is 17.8 Å². The molecule has 1 aromatic carbocycles. The van der Waals surface area contributed by atoms with Gasteiger partial charge in [0.1, 0.15) is 0 Å². The first-order chi connectivity index (χ1) is 10.8. The molecule has 0 aromatic heterocycles. The van der Waals surface area contributed by atoms with E-state index in [4.69, 9.17) is 0 Å². The highest BCUT2D eigenvalue weighted by molar-refractivity contribution is 9.10. The summed E-state index contributed by atoms with van der Waals surface area (Å²) in [6.07, 6.45) is 14.7. The average Bonchev–Trinajstić information content (AvgIpc) is 2.55. The first-order valence-electron chi connectivity index (χ1n) is 9.51. The summed E-state index contributed by atoms with van der Waals surface area (Å²) in [5.74, 6) is 3.94. The van der Waals surface area contributed by atoms with Crippen molar-refractivity contribution in [2.75, 3.05) is 0 Å². The quantitative estimate of drug-likeness (QED) is 0.480. The van der Waals surface area contributed by atoms with Gasteiger partial charge < -0.3 is 0 Å². The second-order valence-electron chi connectivity index (χ2n) is 7.76. The van der Waals surface area contributed by atoms with Crippen LogP contribution in [0.2, 0.25) is 0 Å². The first-order valence-corrected chi connectivity index (χ1v) is 10.3. The molecule has 0 aliphatic heterocycles. The molecule has 0 saturated heterocycles. The van der Waals surface area contributed by atoms with E-state index in [0.717, 1.165) is 23.7 Å². The summed E-state index contributed by atoms with van der Waals surface area (Å²) in [4.78, 5) is 0. The van der Waals surface area contributed by atoms with Crippen LogP contribution in [0.1, 0.15) is 82.6 Å². The lowest BCUT2D eigenvalue weighted by atomic mass is 9.63. The molecular formula is C21H31Br. The molecule has 1 heteroatoms. The molecule has 2 fully saturated rings. The van der Waals surface area contributed by atoms with Gasteiger partial charge in [0, 0.05) is 4.47 Å². The van der Waals surface area contributed by atoms with Gasteiger partial charge in [0.25, 0.3) is 0 Å². The molecule has 122 valence electrons. The molecule has 0 N–H and O–H groups in total. The molecule has 4 atom stereocenters. The van der Waals surface area contributed by atoms with E-state index in [1.54, 1.807) is 12.0 Å². The Bertz CT molecular complexity index is 449. The highest BCUT2D eigenvalue weighted by atomic mass is 79.9. The fourth-order valence-electron chi connectivity index (χ4n) is 4.97. The van der Waals surface area contributed by atoms with Crippen molar-refractivity contribution in [3.05, 3.63) is 34.3 Å². The smallest absolute Gasteiger partial charge is 0.0175 e. The predicted molar refractivity (Wildman–Crippen MR) is 99.2 cm³/mol. The summed E-state index contributed by atoms with van der Waals surface area (Å²) < 4.78 is 1.21. The summed E-state index contributed by atoms with van der Waals surface area (Å²) in [7, 11) is 0. The maximum absolute atomic E-state index is 3.56. The third-order valence-electron chi connectivity index (χ3n) is 6.28. The number of benzene rings is 1. The predicted octanol–water partition coefficient (Wildman–Crippen LogP) is 7.33. The monoisotopic (exact) mass is 362 g/mol. The molecule has 2 aliphatic rings. The zero-order valence-corrected chi connectivity index (χ0v) is 15.7. The van der Waals surface area contributed by atoms with Gasteiger partial charge in [-0.1, -0.05) is 67.1 Å². The molecule has 0 spiro atoms. The van der Waals surface area contributed by atoms with Crippen LogP contribution in [0.15, 0.2) is 28.7 Å². The van der Waals surface area contributed by atoms with Gasteiger partial charge in [-0.3, -0.25) is 0 Å². The van der Waals surface area contributed by atoms with E-state index in [0.29, 0.717) is 0 Å². The normalized spacial score (nSPS) is 31.7. The maximum atomic E-state index is 3.56. The SMILES string of the molecule is CCCCC[C@H]1CC[C@@H]2C[C@H](c3ccc(Br)cc3)CC[C@H]2C1. The van der Waals surface area contributed by atoms with Crippen molar-refractivity contribution < 1.29 is 0 Å². The number of hydrogen-bond donors (Lipinski definition) is 0. The van der Waals surface area contributed by atoms with E-state index in [1.807, 2.05) is 0 Å². The molecule has 0 amide bonds. The van der Waals surface area contributed by atoms with Crippen LogP contribution in [0.5, 0.6) is 0 Å². The standard InChI is InChI=1S/C21H31Br/c1-2-3-4-5-16-6-7-20-15-19(9-8-18(20)14-16)17-10-12-21(22)13-11-17/h10-13,16,18-20H,2-9,14-15H2,1H3/t16-,18-,19+,20+/m0/s1. The summed E-state index contributed by atoms with van der Waals surface area (Å²) in [6, 6.07) is 9.11. The van der Waals surface area contributed by atoms with Crippen molar-refractivity contribution in [1.82, 2.24) is 0 Å². The van der Waals surface area contributed by atoms with E-state index < -0.39 is 0 Å². The van der Waals surface area contributed by atoms with Crippen LogP contribution in [0.25, 0.3) is 0 Å². The van der Waals surface area contributed by atoms with Gasteiger partial charge in [0.2, 0.25) is 0 Å². The van der Waals surface area contributed by atoms with Crippen molar-refractivity contribution in [2.24, 2.45) is 17.8 Å². The maximum Gasteiger partial charge on any atom is 0.0175 e. The molecule has 0 unspecified atom stereocenters. The molecule has 2 aliphatic carbocycles. The molecule has 2 saturated carbocycles. The largest absolute Gasteiger partial charge is 0.0654 e. The van der Waals surface area contributed by atoms with Gasteiger partial charge in [-0.25, -0.2) is 0 Å². The van der Waals surface area contributed by atoms with Gasteiger partial charge >= 0.3 is 0 Å². The first kappa shape index (κ1) is 16.6. The molecule has 0 nitrogen and oxygen atoms in total. The number of rotatable bonds is 5. The van der Waals surface area contributed by atoms with E-state index in [-0.39, 0.29) is 0 Å². The number of hydrogen-bond acceptors (Lipinski definition) is 0. The van der Waals surface area contributed by atoms with E-state index >= 15 is 0 Å². The van der Waals surface area contributed by atoms with Gasteiger partial charge in [0.05, 0.1) is 0 Å². The Hall–Kier alpha value is -0.300. The van der Waals surface area contributed by atoms with E-state index in [1.165, 1.54) is 62.3 Å². The van der Waals surface area contributed by atoms with E-state index in [2.05, 4.69) is 47.1 Å². The topological polar surface area (TPSA) is 0 Å². The molecule has 1 aromatic rings. The number of fused-ring (bicyclic) bond motifs is 1. The lowest BCUT2D eigenvalue weighted by Gasteiger charge is -2.42. The van der Waals surface area contributed by atoms with Crippen LogP contribution in [0.4, 0.5) is 0 Å². The number of unbranched alkanes of at least 4 members (excludes halogenated alkanes) is 2. The van der Waals surface area contributed by atoms with Crippen molar-refractivity contribution in [1.29, 1.82) is 0 Å². The molecule has 0 bridgehead atoms. The minimum absolute atomic E-state index is 0.825. The van der Waals surface area contributed by atoms with Crippen molar-refractivity contribution >= 4 is 15.9 Å². The van der Waals surface area contributed by atoms with Crippen LogP contribution in [-0.4, -0.2) is 0 Å². The summed E-state index contributed by atoms with van der Waals surface area (Å²) in [6.45, 7) is 2.32. The van der Waals surface area contributed by atoms with Gasteiger partial charge in [-0.15, -0.1) is 0 Å². The molecule has 0 heterocycles. The van der Waals surface area contributed by atoms with Gasteiger partial charge in [0.15, 0.2) is 0 Å².